The van der Waals surface area contributed by atoms with Gasteiger partial charge in [-0.25, -0.2) is 0 Å². The van der Waals surface area contributed by atoms with Crippen LogP contribution in [0.1, 0.15) is 16.7 Å². The third-order valence-corrected chi connectivity index (χ3v) is 2.77. The lowest BCUT2D eigenvalue weighted by Crippen LogP contribution is -2.38. The fourth-order valence-corrected chi connectivity index (χ4v) is 1.72. The van der Waals surface area contributed by atoms with Gasteiger partial charge in [0.1, 0.15) is 0 Å². The number of aliphatic imine (C=N–C) groups is 1. The molecule has 0 aromatic heterocycles. The molecule has 1 aromatic carbocycles. The summed E-state index contributed by atoms with van der Waals surface area (Å²) in [5.41, 5.74) is 3.88. The molecule has 0 saturated heterocycles. The standard InChI is InChI=1S/C14H23N3O.HI/c1-11-5-6-13(12(2)9-11)10-17-14(15-3)16-7-8-18-4;/h5-6,9H,7-8,10H2,1-4H3,(H2,15,16,17);1H. The molecule has 0 saturated carbocycles. The lowest BCUT2D eigenvalue weighted by atomic mass is 10.1. The summed E-state index contributed by atoms with van der Waals surface area (Å²) in [4.78, 5) is 4.16. The van der Waals surface area contributed by atoms with Crippen molar-refractivity contribution in [2.45, 2.75) is 20.4 Å². The van der Waals surface area contributed by atoms with Crippen LogP contribution in [-0.4, -0.2) is 33.3 Å². The number of hydrogen-bond donors (Lipinski definition) is 2. The summed E-state index contributed by atoms with van der Waals surface area (Å²) in [5.74, 6) is 0.798. The predicted molar refractivity (Wildman–Crippen MR) is 91.4 cm³/mol. The molecule has 1 aromatic rings. The van der Waals surface area contributed by atoms with E-state index >= 15 is 0 Å². The van der Waals surface area contributed by atoms with Gasteiger partial charge in [-0.05, 0) is 25.0 Å². The Kier molecular flexibility index (Phi) is 9.59. The molecular formula is C14H24IN3O. The van der Waals surface area contributed by atoms with Crippen LogP contribution in [0, 0.1) is 13.8 Å². The van der Waals surface area contributed by atoms with Gasteiger partial charge in [-0.1, -0.05) is 23.8 Å². The van der Waals surface area contributed by atoms with Crippen LogP contribution in [0.3, 0.4) is 0 Å². The smallest absolute Gasteiger partial charge is 0.191 e. The number of nitrogens with zero attached hydrogens (tertiary/aromatic N) is 1. The molecule has 0 heterocycles. The van der Waals surface area contributed by atoms with Gasteiger partial charge in [-0.2, -0.15) is 0 Å². The number of benzene rings is 1. The van der Waals surface area contributed by atoms with Crippen LogP contribution in [0.2, 0.25) is 0 Å². The Morgan fingerprint density at radius 2 is 2.00 bits per heavy atom. The fourth-order valence-electron chi connectivity index (χ4n) is 1.72. The van der Waals surface area contributed by atoms with E-state index in [-0.39, 0.29) is 24.0 Å². The Morgan fingerprint density at radius 1 is 1.26 bits per heavy atom. The Bertz CT molecular complexity index is 408. The third kappa shape index (κ3) is 6.77. The van der Waals surface area contributed by atoms with Gasteiger partial charge in [-0.15, -0.1) is 24.0 Å². The average molecular weight is 377 g/mol. The highest BCUT2D eigenvalue weighted by molar-refractivity contribution is 14.0. The van der Waals surface area contributed by atoms with Gasteiger partial charge >= 0.3 is 0 Å². The Morgan fingerprint density at radius 3 is 2.58 bits per heavy atom. The summed E-state index contributed by atoms with van der Waals surface area (Å²) in [6.07, 6.45) is 0. The topological polar surface area (TPSA) is 45.7 Å². The maximum Gasteiger partial charge on any atom is 0.191 e. The molecule has 1 rings (SSSR count). The van der Waals surface area contributed by atoms with Crippen LogP contribution in [0.25, 0.3) is 0 Å². The van der Waals surface area contributed by atoms with E-state index in [9.17, 15) is 0 Å². The van der Waals surface area contributed by atoms with Crippen LogP contribution in [0.5, 0.6) is 0 Å². The summed E-state index contributed by atoms with van der Waals surface area (Å²) in [5, 5.41) is 6.47. The number of hydrogen-bond acceptors (Lipinski definition) is 2. The van der Waals surface area contributed by atoms with Crippen LogP contribution in [-0.2, 0) is 11.3 Å². The number of guanidine groups is 1. The third-order valence-electron chi connectivity index (χ3n) is 2.77. The molecule has 5 heteroatoms. The van der Waals surface area contributed by atoms with Gasteiger partial charge in [0, 0.05) is 27.2 Å². The second kappa shape index (κ2) is 10.0. The van der Waals surface area contributed by atoms with E-state index < -0.39 is 0 Å². The molecule has 0 fully saturated rings. The molecule has 0 spiro atoms. The maximum absolute atomic E-state index is 4.99. The van der Waals surface area contributed by atoms with E-state index in [0.29, 0.717) is 6.61 Å². The number of ether oxygens (including phenoxy) is 1. The Balaban J connectivity index is 0.00000324. The van der Waals surface area contributed by atoms with E-state index in [4.69, 9.17) is 4.74 Å². The molecule has 0 bridgehead atoms. The van der Waals surface area contributed by atoms with Crippen molar-refractivity contribution >= 4 is 29.9 Å². The van der Waals surface area contributed by atoms with E-state index in [0.717, 1.165) is 19.0 Å². The molecule has 0 aliphatic carbocycles. The van der Waals surface area contributed by atoms with Crippen LogP contribution >= 0.6 is 24.0 Å². The lowest BCUT2D eigenvalue weighted by Gasteiger charge is -2.13. The quantitative estimate of drug-likeness (QED) is 0.358. The van der Waals surface area contributed by atoms with Crippen molar-refractivity contribution in [3.05, 3.63) is 34.9 Å². The van der Waals surface area contributed by atoms with E-state index in [1.54, 1.807) is 14.2 Å². The van der Waals surface area contributed by atoms with Gasteiger partial charge in [0.2, 0.25) is 0 Å². The van der Waals surface area contributed by atoms with Gasteiger partial charge in [-0.3, -0.25) is 4.99 Å². The highest BCUT2D eigenvalue weighted by atomic mass is 127. The number of nitrogens with one attached hydrogen (secondary N) is 2. The second-order valence-electron chi connectivity index (χ2n) is 4.28. The first-order valence-electron chi connectivity index (χ1n) is 6.17. The highest BCUT2D eigenvalue weighted by Crippen LogP contribution is 2.09. The first-order chi connectivity index (χ1) is 8.67. The number of methoxy groups -OCH3 is 1. The van der Waals surface area contributed by atoms with Crippen molar-refractivity contribution in [2.75, 3.05) is 27.3 Å². The largest absolute Gasteiger partial charge is 0.383 e. The minimum absolute atomic E-state index is 0. The Hall–Kier alpha value is -0.820. The zero-order valence-corrected chi connectivity index (χ0v) is 14.4. The van der Waals surface area contributed by atoms with Crippen molar-refractivity contribution < 1.29 is 4.74 Å². The molecule has 0 amide bonds. The first kappa shape index (κ1) is 18.2. The molecular weight excluding hydrogens is 353 g/mol. The molecule has 4 nitrogen and oxygen atoms in total. The number of halogens is 1. The first-order valence-corrected chi connectivity index (χ1v) is 6.17. The predicted octanol–water partition coefficient (Wildman–Crippen LogP) is 2.23. The van der Waals surface area contributed by atoms with E-state index in [2.05, 4.69) is 47.7 Å². The summed E-state index contributed by atoms with van der Waals surface area (Å²) in [6, 6.07) is 6.48. The normalized spacial score (nSPS) is 10.8. The monoisotopic (exact) mass is 377 g/mol. The second-order valence-corrected chi connectivity index (χ2v) is 4.28. The molecule has 0 unspecified atom stereocenters. The summed E-state index contributed by atoms with van der Waals surface area (Å²) in [6.45, 7) is 6.44. The van der Waals surface area contributed by atoms with Crippen molar-refractivity contribution in [1.29, 1.82) is 0 Å². The van der Waals surface area contributed by atoms with Gasteiger partial charge < -0.3 is 15.4 Å². The van der Waals surface area contributed by atoms with E-state index in [1.807, 2.05) is 0 Å². The zero-order valence-electron chi connectivity index (χ0n) is 12.1. The number of aryl methyl sites for hydroxylation is 2. The van der Waals surface area contributed by atoms with Crippen LogP contribution < -0.4 is 10.6 Å². The maximum atomic E-state index is 4.99. The molecule has 0 atom stereocenters. The van der Waals surface area contributed by atoms with Crippen molar-refractivity contribution in [3.8, 4) is 0 Å². The van der Waals surface area contributed by atoms with E-state index in [1.165, 1.54) is 16.7 Å². The van der Waals surface area contributed by atoms with Crippen molar-refractivity contribution in [3.63, 3.8) is 0 Å². The zero-order chi connectivity index (χ0) is 13.4. The van der Waals surface area contributed by atoms with Crippen molar-refractivity contribution in [2.24, 2.45) is 4.99 Å². The van der Waals surface area contributed by atoms with Crippen LogP contribution in [0.4, 0.5) is 0 Å². The SMILES string of the molecule is CN=C(NCCOC)NCc1ccc(C)cc1C.I. The van der Waals surface area contributed by atoms with Gasteiger partial charge in [0.15, 0.2) is 5.96 Å². The molecule has 2 N–H and O–H groups in total. The number of rotatable bonds is 5. The summed E-state index contributed by atoms with van der Waals surface area (Å²) >= 11 is 0. The molecule has 0 radical (unpaired) electrons. The van der Waals surface area contributed by atoms with Gasteiger partial charge in [0.25, 0.3) is 0 Å². The summed E-state index contributed by atoms with van der Waals surface area (Å²) < 4.78 is 4.99. The van der Waals surface area contributed by atoms with Gasteiger partial charge in [0.05, 0.1) is 6.61 Å². The minimum atomic E-state index is 0. The Labute approximate surface area is 133 Å². The average Bonchev–Trinajstić information content (AvgIpc) is 2.35. The highest BCUT2D eigenvalue weighted by Gasteiger charge is 2.00. The minimum Gasteiger partial charge on any atom is -0.383 e. The fraction of sp³-hybridized carbons (Fsp3) is 0.500. The lowest BCUT2D eigenvalue weighted by molar-refractivity contribution is 0.203. The molecule has 0 aliphatic heterocycles. The summed E-state index contributed by atoms with van der Waals surface area (Å²) in [7, 11) is 3.46. The molecule has 108 valence electrons. The molecule has 0 aliphatic rings. The van der Waals surface area contributed by atoms with Crippen LogP contribution in [0.15, 0.2) is 23.2 Å². The molecule has 19 heavy (non-hydrogen) atoms. The van der Waals surface area contributed by atoms with Crippen molar-refractivity contribution in [1.82, 2.24) is 10.6 Å².